The highest BCUT2D eigenvalue weighted by atomic mass is 19.1. The smallest absolute Gasteiger partial charge is 0.126 e. The minimum absolute atomic E-state index is 0.169. The second-order valence-electron chi connectivity index (χ2n) is 6.56. The van der Waals surface area contributed by atoms with Crippen LogP contribution in [0, 0.1) is 5.82 Å². The Balaban J connectivity index is 1.75. The van der Waals surface area contributed by atoms with Gasteiger partial charge in [-0.05, 0) is 33.0 Å². The third kappa shape index (κ3) is 3.76. The molecular formula is C18H25FN4O. The quantitative estimate of drug-likeness (QED) is 0.914. The second kappa shape index (κ2) is 7.32. The molecule has 2 aromatic rings. The molecule has 0 bridgehead atoms. The lowest BCUT2D eigenvalue weighted by molar-refractivity contribution is 0.276. The molecule has 0 radical (unpaired) electrons. The standard InChI is InChI=1S/C18H25FN4O/c1-22(2)17(13-10-21-23(3)12-13)11-20-16-5-4-8-24-18-9-14(19)6-7-15(16)18/h6-7,9-10,12,16-17,20H,4-5,8,11H2,1-3H3. The molecule has 2 atom stereocenters. The number of benzene rings is 1. The number of aromatic nitrogens is 2. The number of hydrogen-bond acceptors (Lipinski definition) is 4. The van der Waals surface area contributed by atoms with Gasteiger partial charge in [0, 0.05) is 49.1 Å². The number of aryl methyl sites for hydroxylation is 1. The van der Waals surface area contributed by atoms with Crippen molar-refractivity contribution in [3.8, 4) is 5.75 Å². The van der Waals surface area contributed by atoms with Crippen molar-refractivity contribution in [3.63, 3.8) is 0 Å². The minimum atomic E-state index is -0.254. The third-order valence-electron chi connectivity index (χ3n) is 4.54. The number of hydrogen-bond donors (Lipinski definition) is 1. The van der Waals surface area contributed by atoms with E-state index in [1.807, 2.05) is 30.2 Å². The summed E-state index contributed by atoms with van der Waals surface area (Å²) < 4.78 is 21.0. The predicted molar refractivity (Wildman–Crippen MR) is 91.5 cm³/mol. The number of nitrogens with one attached hydrogen (secondary N) is 1. The lowest BCUT2D eigenvalue weighted by atomic mass is 10.0. The summed E-state index contributed by atoms with van der Waals surface area (Å²) in [5.74, 6) is 0.406. The number of rotatable bonds is 5. The molecule has 0 aliphatic carbocycles. The Morgan fingerprint density at radius 2 is 2.29 bits per heavy atom. The van der Waals surface area contributed by atoms with Crippen LogP contribution in [0.2, 0.25) is 0 Å². The summed E-state index contributed by atoms with van der Waals surface area (Å²) in [5, 5.41) is 7.92. The largest absolute Gasteiger partial charge is 0.493 e. The van der Waals surface area contributed by atoms with Crippen LogP contribution in [0.25, 0.3) is 0 Å². The molecule has 1 aromatic heterocycles. The third-order valence-corrected chi connectivity index (χ3v) is 4.54. The molecule has 1 N–H and O–H groups in total. The highest BCUT2D eigenvalue weighted by Gasteiger charge is 2.23. The van der Waals surface area contributed by atoms with Gasteiger partial charge in [0.1, 0.15) is 11.6 Å². The van der Waals surface area contributed by atoms with Crippen molar-refractivity contribution >= 4 is 0 Å². The van der Waals surface area contributed by atoms with Crippen molar-refractivity contribution in [3.05, 3.63) is 47.5 Å². The van der Waals surface area contributed by atoms with E-state index in [4.69, 9.17) is 4.74 Å². The van der Waals surface area contributed by atoms with Crippen molar-refractivity contribution in [2.75, 3.05) is 27.2 Å². The Labute approximate surface area is 142 Å². The fraction of sp³-hybridized carbons (Fsp3) is 0.500. The van der Waals surface area contributed by atoms with Gasteiger partial charge in [-0.3, -0.25) is 4.68 Å². The van der Waals surface area contributed by atoms with Crippen molar-refractivity contribution in [2.24, 2.45) is 7.05 Å². The fourth-order valence-corrected chi connectivity index (χ4v) is 3.22. The summed E-state index contributed by atoms with van der Waals surface area (Å²) in [4.78, 5) is 2.18. The summed E-state index contributed by atoms with van der Waals surface area (Å²) in [6.45, 7) is 1.43. The lowest BCUT2D eigenvalue weighted by Gasteiger charge is -2.27. The van der Waals surface area contributed by atoms with E-state index in [1.165, 1.54) is 17.7 Å². The van der Waals surface area contributed by atoms with Crippen LogP contribution in [-0.4, -0.2) is 41.9 Å². The number of halogens is 1. The van der Waals surface area contributed by atoms with E-state index >= 15 is 0 Å². The van der Waals surface area contributed by atoms with E-state index in [9.17, 15) is 4.39 Å². The zero-order valence-corrected chi connectivity index (χ0v) is 14.5. The van der Waals surface area contributed by atoms with Crippen LogP contribution in [0.3, 0.4) is 0 Å². The highest BCUT2D eigenvalue weighted by molar-refractivity contribution is 5.37. The molecule has 1 aromatic carbocycles. The Morgan fingerprint density at radius 1 is 1.46 bits per heavy atom. The first-order valence-electron chi connectivity index (χ1n) is 8.35. The topological polar surface area (TPSA) is 42.3 Å². The van der Waals surface area contributed by atoms with E-state index in [0.717, 1.165) is 24.9 Å². The first kappa shape index (κ1) is 16.9. The summed E-state index contributed by atoms with van der Waals surface area (Å²) in [7, 11) is 6.06. The zero-order chi connectivity index (χ0) is 17.1. The molecule has 1 aliphatic rings. The molecule has 1 aliphatic heterocycles. The van der Waals surface area contributed by atoms with E-state index in [1.54, 1.807) is 0 Å². The maximum absolute atomic E-state index is 13.5. The predicted octanol–water partition coefficient (Wildman–Crippen LogP) is 2.67. The minimum Gasteiger partial charge on any atom is -0.493 e. The lowest BCUT2D eigenvalue weighted by Crippen LogP contribution is -2.33. The Morgan fingerprint density at radius 3 is 3.00 bits per heavy atom. The maximum Gasteiger partial charge on any atom is 0.126 e. The number of ether oxygens (including phenoxy) is 1. The molecule has 0 fully saturated rings. The van der Waals surface area contributed by atoms with Crippen molar-refractivity contribution in [1.82, 2.24) is 20.0 Å². The van der Waals surface area contributed by atoms with Crippen LogP contribution in [0.5, 0.6) is 5.75 Å². The van der Waals surface area contributed by atoms with Crippen molar-refractivity contribution in [1.29, 1.82) is 0 Å². The van der Waals surface area contributed by atoms with Gasteiger partial charge < -0.3 is 15.0 Å². The molecule has 5 nitrogen and oxygen atoms in total. The number of likely N-dealkylation sites (N-methyl/N-ethyl adjacent to an activating group) is 1. The SMILES string of the molecule is CN(C)C(CNC1CCCOc2cc(F)ccc21)c1cnn(C)c1. The van der Waals surface area contributed by atoms with Gasteiger partial charge in [-0.2, -0.15) is 5.10 Å². The normalized spacial score (nSPS) is 18.8. The first-order valence-corrected chi connectivity index (χ1v) is 8.35. The van der Waals surface area contributed by atoms with E-state index in [-0.39, 0.29) is 17.9 Å². The summed E-state index contributed by atoms with van der Waals surface area (Å²) in [6, 6.07) is 5.23. The highest BCUT2D eigenvalue weighted by Crippen LogP contribution is 2.32. The van der Waals surface area contributed by atoms with Gasteiger partial charge >= 0.3 is 0 Å². The average Bonchev–Trinajstić information content (AvgIpc) is 2.85. The summed E-state index contributed by atoms with van der Waals surface area (Å²) in [5.41, 5.74) is 2.22. The van der Waals surface area contributed by atoms with Gasteiger partial charge in [-0.1, -0.05) is 6.07 Å². The average molecular weight is 332 g/mol. The van der Waals surface area contributed by atoms with E-state index in [0.29, 0.717) is 12.4 Å². The van der Waals surface area contributed by atoms with Crippen LogP contribution >= 0.6 is 0 Å². The van der Waals surface area contributed by atoms with Gasteiger partial charge in [0.2, 0.25) is 0 Å². The Hall–Kier alpha value is -1.92. The monoisotopic (exact) mass is 332 g/mol. The molecule has 2 heterocycles. The van der Waals surface area contributed by atoms with Crippen LogP contribution in [0.4, 0.5) is 4.39 Å². The molecular weight excluding hydrogens is 307 g/mol. The van der Waals surface area contributed by atoms with Crippen molar-refractivity contribution < 1.29 is 9.13 Å². The van der Waals surface area contributed by atoms with Crippen LogP contribution in [-0.2, 0) is 7.05 Å². The summed E-state index contributed by atoms with van der Waals surface area (Å²) in [6.07, 6.45) is 5.89. The van der Waals surface area contributed by atoms with Gasteiger partial charge in [-0.15, -0.1) is 0 Å². The van der Waals surface area contributed by atoms with Crippen LogP contribution in [0.1, 0.15) is 36.1 Å². The molecule has 6 heteroatoms. The molecule has 0 saturated carbocycles. The molecule has 0 spiro atoms. The number of fused-ring (bicyclic) bond motifs is 1. The Bertz CT molecular complexity index is 685. The molecule has 2 unspecified atom stereocenters. The summed E-state index contributed by atoms with van der Waals surface area (Å²) >= 11 is 0. The van der Waals surface area contributed by atoms with Crippen molar-refractivity contribution in [2.45, 2.75) is 24.9 Å². The van der Waals surface area contributed by atoms with Gasteiger partial charge in [0.15, 0.2) is 0 Å². The van der Waals surface area contributed by atoms with Crippen LogP contribution < -0.4 is 10.1 Å². The zero-order valence-electron chi connectivity index (χ0n) is 14.5. The molecule has 3 rings (SSSR count). The second-order valence-corrected chi connectivity index (χ2v) is 6.56. The maximum atomic E-state index is 13.5. The van der Waals surface area contributed by atoms with Crippen LogP contribution in [0.15, 0.2) is 30.6 Å². The molecule has 130 valence electrons. The Kier molecular flexibility index (Phi) is 5.16. The molecule has 0 saturated heterocycles. The van der Waals surface area contributed by atoms with Gasteiger partial charge in [0.25, 0.3) is 0 Å². The van der Waals surface area contributed by atoms with Gasteiger partial charge in [-0.25, -0.2) is 4.39 Å². The van der Waals surface area contributed by atoms with E-state index < -0.39 is 0 Å². The van der Waals surface area contributed by atoms with E-state index in [2.05, 4.69) is 29.4 Å². The molecule has 24 heavy (non-hydrogen) atoms. The first-order chi connectivity index (χ1) is 11.5. The van der Waals surface area contributed by atoms with Gasteiger partial charge in [0.05, 0.1) is 12.8 Å². The fourth-order valence-electron chi connectivity index (χ4n) is 3.22. The molecule has 0 amide bonds. The number of nitrogens with zero attached hydrogens (tertiary/aromatic N) is 3.